The molecule has 5 heteroatoms. The Balaban J connectivity index is 3.30. The molecule has 2 N–H and O–H groups in total. The molecule has 0 heterocycles. The normalized spacial score (nSPS) is 11.8. The SMILES string of the molecule is CS(=O)(=O)CCCON. The van der Waals surface area contributed by atoms with E-state index >= 15 is 0 Å². The zero-order valence-electron chi connectivity index (χ0n) is 5.33. The summed E-state index contributed by atoms with van der Waals surface area (Å²) in [5.74, 6) is 4.81. The van der Waals surface area contributed by atoms with Gasteiger partial charge < -0.3 is 4.84 Å². The lowest BCUT2D eigenvalue weighted by Gasteiger charge is -1.94. The fraction of sp³-hybridized carbons (Fsp3) is 1.00. The molecule has 0 aliphatic rings. The van der Waals surface area contributed by atoms with E-state index in [2.05, 4.69) is 10.7 Å². The summed E-state index contributed by atoms with van der Waals surface area (Å²) in [6.07, 6.45) is 1.65. The van der Waals surface area contributed by atoms with Gasteiger partial charge in [-0.3, -0.25) is 0 Å². The van der Waals surface area contributed by atoms with Crippen LogP contribution in [0.5, 0.6) is 0 Å². The molecule has 0 rings (SSSR count). The van der Waals surface area contributed by atoms with E-state index in [0.29, 0.717) is 13.0 Å². The highest BCUT2D eigenvalue weighted by molar-refractivity contribution is 7.90. The molecule has 0 saturated heterocycles. The van der Waals surface area contributed by atoms with Gasteiger partial charge in [-0.1, -0.05) is 0 Å². The predicted octanol–water partition coefficient (Wildman–Crippen LogP) is -0.689. The number of nitrogens with two attached hydrogens (primary N) is 1. The van der Waals surface area contributed by atoms with Gasteiger partial charge in [0.2, 0.25) is 0 Å². The molecule has 0 aliphatic heterocycles. The maximum atomic E-state index is 10.4. The Morgan fingerprint density at radius 1 is 1.56 bits per heavy atom. The minimum absolute atomic E-state index is 0.143. The molecule has 0 aromatic heterocycles. The first kappa shape index (κ1) is 8.87. The molecule has 56 valence electrons. The molecule has 0 aromatic carbocycles. The molecule has 0 spiro atoms. The number of hydrogen-bond acceptors (Lipinski definition) is 4. The van der Waals surface area contributed by atoms with Crippen LogP contribution in [0.1, 0.15) is 6.42 Å². The van der Waals surface area contributed by atoms with E-state index in [0.717, 1.165) is 0 Å². The first-order valence-electron chi connectivity index (χ1n) is 2.55. The van der Waals surface area contributed by atoms with Crippen LogP contribution < -0.4 is 5.90 Å². The summed E-state index contributed by atoms with van der Waals surface area (Å²) in [5.41, 5.74) is 0. The van der Waals surface area contributed by atoms with Crippen molar-refractivity contribution in [1.29, 1.82) is 0 Å². The average molecular weight is 153 g/mol. The fourth-order valence-corrected chi connectivity index (χ4v) is 1.05. The van der Waals surface area contributed by atoms with Crippen LogP contribution in [0.2, 0.25) is 0 Å². The molecule has 0 aliphatic carbocycles. The van der Waals surface area contributed by atoms with Crippen molar-refractivity contribution >= 4 is 9.84 Å². The molecular weight excluding hydrogens is 142 g/mol. The highest BCUT2D eigenvalue weighted by atomic mass is 32.2. The maximum Gasteiger partial charge on any atom is 0.147 e. The maximum absolute atomic E-state index is 10.4. The van der Waals surface area contributed by atoms with Gasteiger partial charge in [0.15, 0.2) is 0 Å². The lowest BCUT2D eigenvalue weighted by atomic mass is 10.5. The van der Waals surface area contributed by atoms with E-state index in [-0.39, 0.29) is 5.75 Å². The lowest BCUT2D eigenvalue weighted by Crippen LogP contribution is -2.08. The Labute approximate surface area is 54.9 Å². The Kier molecular flexibility index (Phi) is 3.76. The van der Waals surface area contributed by atoms with Crippen LogP contribution in [0.4, 0.5) is 0 Å². The summed E-state index contributed by atoms with van der Waals surface area (Å²) in [4.78, 5) is 4.17. The summed E-state index contributed by atoms with van der Waals surface area (Å²) in [6.45, 7) is 0.299. The van der Waals surface area contributed by atoms with Gasteiger partial charge in [0.1, 0.15) is 9.84 Å². The zero-order valence-corrected chi connectivity index (χ0v) is 6.15. The van der Waals surface area contributed by atoms with Gasteiger partial charge in [0, 0.05) is 6.26 Å². The number of rotatable bonds is 4. The van der Waals surface area contributed by atoms with E-state index in [1.807, 2.05) is 0 Å². The van der Waals surface area contributed by atoms with Crippen LogP contribution in [0.25, 0.3) is 0 Å². The minimum atomic E-state index is -2.83. The standard InChI is InChI=1S/C4H11NO3S/c1-9(6,7)4-2-3-8-5/h2-5H2,1H3. The van der Waals surface area contributed by atoms with Crippen molar-refractivity contribution in [2.24, 2.45) is 5.90 Å². The van der Waals surface area contributed by atoms with Crippen LogP contribution in [0.15, 0.2) is 0 Å². The van der Waals surface area contributed by atoms with E-state index in [9.17, 15) is 8.42 Å². The second-order valence-corrected chi connectivity index (χ2v) is 4.11. The van der Waals surface area contributed by atoms with Crippen molar-refractivity contribution in [1.82, 2.24) is 0 Å². The molecule has 0 radical (unpaired) electrons. The van der Waals surface area contributed by atoms with Gasteiger partial charge >= 0.3 is 0 Å². The molecular formula is C4H11NO3S. The van der Waals surface area contributed by atoms with E-state index in [1.165, 1.54) is 6.26 Å². The van der Waals surface area contributed by atoms with Gasteiger partial charge in [-0.05, 0) is 6.42 Å². The van der Waals surface area contributed by atoms with Crippen molar-refractivity contribution in [2.45, 2.75) is 6.42 Å². The fourth-order valence-electron chi connectivity index (χ4n) is 0.404. The second-order valence-electron chi connectivity index (χ2n) is 1.85. The Morgan fingerprint density at radius 2 is 2.11 bits per heavy atom. The third kappa shape index (κ3) is 7.87. The van der Waals surface area contributed by atoms with Crippen molar-refractivity contribution in [2.75, 3.05) is 18.6 Å². The lowest BCUT2D eigenvalue weighted by molar-refractivity contribution is 0.139. The number of sulfone groups is 1. The Hall–Kier alpha value is -0.130. The minimum Gasteiger partial charge on any atom is -0.305 e. The van der Waals surface area contributed by atoms with Crippen molar-refractivity contribution < 1.29 is 13.3 Å². The van der Waals surface area contributed by atoms with Crippen LogP contribution in [0.3, 0.4) is 0 Å². The summed E-state index contributed by atoms with van der Waals surface area (Å²) >= 11 is 0. The van der Waals surface area contributed by atoms with Crippen LogP contribution in [0, 0.1) is 0 Å². The van der Waals surface area contributed by atoms with Crippen LogP contribution >= 0.6 is 0 Å². The predicted molar refractivity (Wildman–Crippen MR) is 34.5 cm³/mol. The molecule has 9 heavy (non-hydrogen) atoms. The van der Waals surface area contributed by atoms with Gasteiger partial charge in [-0.25, -0.2) is 14.3 Å². The molecule has 0 unspecified atom stereocenters. The third-order valence-corrected chi connectivity index (χ3v) is 1.81. The first-order chi connectivity index (χ1) is 4.06. The monoisotopic (exact) mass is 153 g/mol. The van der Waals surface area contributed by atoms with Crippen molar-refractivity contribution in [3.05, 3.63) is 0 Å². The second kappa shape index (κ2) is 3.81. The molecule has 0 fully saturated rings. The topological polar surface area (TPSA) is 69.4 Å². The third-order valence-electron chi connectivity index (χ3n) is 0.777. The number of hydrogen-bond donors (Lipinski definition) is 1. The average Bonchev–Trinajstić information content (AvgIpc) is 1.63. The van der Waals surface area contributed by atoms with E-state index in [1.54, 1.807) is 0 Å². The summed E-state index contributed by atoms with van der Waals surface area (Å²) < 4.78 is 20.8. The summed E-state index contributed by atoms with van der Waals surface area (Å²) in [5, 5.41) is 0. The zero-order chi connectivity index (χ0) is 7.33. The molecule has 0 atom stereocenters. The molecule has 0 aromatic rings. The Bertz CT molecular complexity index is 151. The highest BCUT2D eigenvalue weighted by Crippen LogP contribution is 1.87. The largest absolute Gasteiger partial charge is 0.305 e. The van der Waals surface area contributed by atoms with Gasteiger partial charge in [0.05, 0.1) is 12.4 Å². The quantitative estimate of drug-likeness (QED) is 0.429. The van der Waals surface area contributed by atoms with Crippen LogP contribution in [-0.4, -0.2) is 27.0 Å². The molecule has 0 bridgehead atoms. The molecule has 0 amide bonds. The summed E-state index contributed by atoms with van der Waals surface area (Å²) in [6, 6.07) is 0. The van der Waals surface area contributed by atoms with Crippen molar-refractivity contribution in [3.63, 3.8) is 0 Å². The molecule has 0 saturated carbocycles. The van der Waals surface area contributed by atoms with Crippen LogP contribution in [-0.2, 0) is 14.7 Å². The van der Waals surface area contributed by atoms with E-state index < -0.39 is 9.84 Å². The molecule has 4 nitrogen and oxygen atoms in total. The van der Waals surface area contributed by atoms with Gasteiger partial charge in [-0.2, -0.15) is 0 Å². The summed E-state index contributed by atoms with van der Waals surface area (Å²) in [7, 11) is -2.83. The van der Waals surface area contributed by atoms with E-state index in [4.69, 9.17) is 0 Å². The smallest absolute Gasteiger partial charge is 0.147 e. The van der Waals surface area contributed by atoms with Gasteiger partial charge in [0.25, 0.3) is 0 Å². The van der Waals surface area contributed by atoms with Crippen molar-refractivity contribution in [3.8, 4) is 0 Å². The van der Waals surface area contributed by atoms with Gasteiger partial charge in [-0.15, -0.1) is 0 Å². The Morgan fingerprint density at radius 3 is 2.44 bits per heavy atom. The highest BCUT2D eigenvalue weighted by Gasteiger charge is 1.99. The first-order valence-corrected chi connectivity index (χ1v) is 4.62.